The number of aromatic nitrogens is 1. The molecule has 0 unspecified atom stereocenters. The van der Waals surface area contributed by atoms with Crippen LogP contribution in [0.3, 0.4) is 0 Å². The van der Waals surface area contributed by atoms with E-state index < -0.39 is 0 Å². The third-order valence-electron chi connectivity index (χ3n) is 5.53. The lowest BCUT2D eigenvalue weighted by Crippen LogP contribution is -2.40. The molecule has 4 rings (SSSR count). The van der Waals surface area contributed by atoms with Crippen molar-refractivity contribution in [2.75, 3.05) is 31.1 Å². The number of piperidine rings is 1. The van der Waals surface area contributed by atoms with Gasteiger partial charge in [0.25, 0.3) is 0 Å². The Labute approximate surface area is 161 Å². The van der Waals surface area contributed by atoms with Gasteiger partial charge >= 0.3 is 0 Å². The molecule has 0 spiro atoms. The van der Waals surface area contributed by atoms with Crippen LogP contribution >= 0.6 is 0 Å². The molecule has 0 saturated carbocycles. The molecule has 1 atom stereocenters. The zero-order chi connectivity index (χ0) is 18.5. The fraction of sp³-hybridized carbons (Fsp3) is 0.455. The highest BCUT2D eigenvalue weighted by molar-refractivity contribution is 5.95. The Morgan fingerprint density at radius 3 is 2.63 bits per heavy atom. The molecule has 1 aromatic heterocycles. The number of carbonyl (C=O) groups excluding carboxylic acids is 1. The highest BCUT2D eigenvalue weighted by Crippen LogP contribution is 2.26. The minimum absolute atomic E-state index is 0.251. The lowest BCUT2D eigenvalue weighted by atomic mass is 10.0. The molecule has 1 aromatic carbocycles. The zero-order valence-electron chi connectivity index (χ0n) is 15.7. The lowest BCUT2D eigenvalue weighted by molar-refractivity contribution is -0.117. The molecule has 2 aliphatic rings. The lowest BCUT2D eigenvalue weighted by Gasteiger charge is -2.33. The molecule has 27 heavy (non-hydrogen) atoms. The molecule has 1 amide bonds. The van der Waals surface area contributed by atoms with Gasteiger partial charge < -0.3 is 14.5 Å². The first-order valence-corrected chi connectivity index (χ1v) is 9.86. The molecular formula is C22H27N3O2. The van der Waals surface area contributed by atoms with Crippen LogP contribution in [0.2, 0.25) is 0 Å². The Kier molecular flexibility index (Phi) is 5.80. The number of hydrogen-bond donors (Lipinski definition) is 0. The molecule has 5 heteroatoms. The molecule has 0 aliphatic carbocycles. The number of para-hydroxylation sites is 1. The Morgan fingerprint density at radius 1 is 1.07 bits per heavy atom. The number of amides is 1. The van der Waals surface area contributed by atoms with Crippen molar-refractivity contribution in [2.24, 2.45) is 5.92 Å². The third-order valence-corrected chi connectivity index (χ3v) is 5.53. The normalized spacial score (nSPS) is 21.7. The zero-order valence-corrected chi connectivity index (χ0v) is 15.7. The predicted molar refractivity (Wildman–Crippen MR) is 105 cm³/mol. The summed E-state index contributed by atoms with van der Waals surface area (Å²) >= 11 is 0. The van der Waals surface area contributed by atoms with Crippen LogP contribution in [0.4, 0.5) is 5.69 Å². The van der Waals surface area contributed by atoms with E-state index in [4.69, 9.17) is 4.74 Å². The van der Waals surface area contributed by atoms with E-state index in [9.17, 15) is 4.79 Å². The quantitative estimate of drug-likeness (QED) is 0.789. The molecular weight excluding hydrogens is 338 g/mol. The summed E-state index contributed by atoms with van der Waals surface area (Å²) in [6.45, 7) is 4.58. The number of rotatable bonds is 6. The molecule has 142 valence electrons. The van der Waals surface area contributed by atoms with E-state index in [0.717, 1.165) is 50.3 Å². The van der Waals surface area contributed by atoms with Crippen molar-refractivity contribution in [3.8, 4) is 0 Å². The van der Waals surface area contributed by atoms with Crippen LogP contribution in [-0.2, 0) is 16.1 Å². The molecule has 3 heterocycles. The Morgan fingerprint density at radius 2 is 1.89 bits per heavy atom. The van der Waals surface area contributed by atoms with Gasteiger partial charge in [-0.3, -0.25) is 9.78 Å². The smallest absolute Gasteiger partial charge is 0.227 e. The van der Waals surface area contributed by atoms with E-state index in [1.165, 1.54) is 0 Å². The van der Waals surface area contributed by atoms with Crippen LogP contribution in [0.5, 0.6) is 0 Å². The van der Waals surface area contributed by atoms with E-state index in [0.29, 0.717) is 25.0 Å². The third kappa shape index (κ3) is 4.73. The van der Waals surface area contributed by atoms with E-state index in [2.05, 4.69) is 16.0 Å². The first-order valence-electron chi connectivity index (χ1n) is 9.86. The van der Waals surface area contributed by atoms with Gasteiger partial charge in [0.2, 0.25) is 5.91 Å². The number of hydrogen-bond acceptors (Lipinski definition) is 4. The summed E-state index contributed by atoms with van der Waals surface area (Å²) in [5.74, 6) is 0.673. The molecule has 5 nitrogen and oxygen atoms in total. The number of likely N-dealkylation sites (tertiary alicyclic amines) is 1. The van der Waals surface area contributed by atoms with E-state index in [1.54, 1.807) is 6.20 Å². The van der Waals surface area contributed by atoms with Gasteiger partial charge in [0, 0.05) is 50.7 Å². The standard InChI is InChI=1S/C22H27N3O2/c26-22-13-19(16-25(22)20-6-2-1-3-7-20)15-24-11-8-21(9-12-24)27-17-18-5-4-10-23-14-18/h1-7,10,14,19,21H,8-9,11-13,15-17H2/t19-/m1/s1. The monoisotopic (exact) mass is 365 g/mol. The summed E-state index contributed by atoms with van der Waals surface area (Å²) in [5.41, 5.74) is 2.15. The van der Waals surface area contributed by atoms with Gasteiger partial charge in [-0.2, -0.15) is 0 Å². The van der Waals surface area contributed by atoms with Crippen molar-refractivity contribution >= 4 is 11.6 Å². The highest BCUT2D eigenvalue weighted by atomic mass is 16.5. The second-order valence-corrected chi connectivity index (χ2v) is 7.58. The van der Waals surface area contributed by atoms with E-state index in [-0.39, 0.29) is 5.91 Å². The van der Waals surface area contributed by atoms with Crippen LogP contribution < -0.4 is 4.90 Å². The first kappa shape index (κ1) is 18.1. The van der Waals surface area contributed by atoms with Gasteiger partial charge in [-0.1, -0.05) is 24.3 Å². The van der Waals surface area contributed by atoms with E-state index in [1.807, 2.05) is 47.5 Å². The SMILES string of the molecule is O=C1C[C@H](CN2CCC(OCc3cccnc3)CC2)CN1c1ccccc1. The largest absolute Gasteiger partial charge is 0.373 e. The summed E-state index contributed by atoms with van der Waals surface area (Å²) < 4.78 is 6.05. The summed E-state index contributed by atoms with van der Waals surface area (Å²) in [5, 5.41) is 0. The molecule has 0 radical (unpaired) electrons. The fourth-order valence-electron chi connectivity index (χ4n) is 4.08. The molecule has 2 fully saturated rings. The van der Waals surface area contributed by atoms with Crippen molar-refractivity contribution in [1.82, 2.24) is 9.88 Å². The maximum atomic E-state index is 12.4. The molecule has 0 bridgehead atoms. The van der Waals surface area contributed by atoms with Gasteiger partial charge in [-0.05, 0) is 42.5 Å². The Balaban J connectivity index is 1.21. The molecule has 2 aromatic rings. The first-order chi connectivity index (χ1) is 13.3. The van der Waals surface area contributed by atoms with Gasteiger partial charge in [-0.15, -0.1) is 0 Å². The summed E-state index contributed by atoms with van der Waals surface area (Å²) in [4.78, 5) is 20.9. The van der Waals surface area contributed by atoms with Crippen molar-refractivity contribution in [3.63, 3.8) is 0 Å². The molecule has 2 aliphatic heterocycles. The minimum atomic E-state index is 0.251. The molecule has 2 saturated heterocycles. The van der Waals surface area contributed by atoms with Crippen LogP contribution in [0.15, 0.2) is 54.9 Å². The predicted octanol–water partition coefficient (Wildman–Crippen LogP) is 3.12. The maximum absolute atomic E-state index is 12.4. The van der Waals surface area contributed by atoms with Crippen molar-refractivity contribution in [1.29, 1.82) is 0 Å². The number of ether oxygens (including phenoxy) is 1. The van der Waals surface area contributed by atoms with Crippen molar-refractivity contribution < 1.29 is 9.53 Å². The average molecular weight is 365 g/mol. The maximum Gasteiger partial charge on any atom is 0.227 e. The Bertz CT molecular complexity index is 730. The minimum Gasteiger partial charge on any atom is -0.373 e. The summed E-state index contributed by atoms with van der Waals surface area (Å²) in [6.07, 6.45) is 6.76. The number of anilines is 1. The van der Waals surface area contributed by atoms with Gasteiger partial charge in [0.05, 0.1) is 12.7 Å². The molecule has 0 N–H and O–H groups in total. The average Bonchev–Trinajstić information content (AvgIpc) is 3.09. The number of pyridine rings is 1. The second kappa shape index (κ2) is 8.63. The van der Waals surface area contributed by atoms with E-state index >= 15 is 0 Å². The van der Waals surface area contributed by atoms with Crippen molar-refractivity contribution in [3.05, 3.63) is 60.4 Å². The van der Waals surface area contributed by atoms with Crippen LogP contribution in [0, 0.1) is 5.92 Å². The van der Waals surface area contributed by atoms with Gasteiger partial charge in [-0.25, -0.2) is 0 Å². The van der Waals surface area contributed by atoms with Crippen LogP contribution in [-0.4, -0.2) is 48.1 Å². The number of benzene rings is 1. The van der Waals surface area contributed by atoms with Gasteiger partial charge in [0.1, 0.15) is 0 Å². The van der Waals surface area contributed by atoms with Crippen LogP contribution in [0.25, 0.3) is 0 Å². The van der Waals surface area contributed by atoms with Crippen molar-refractivity contribution in [2.45, 2.75) is 32.0 Å². The number of nitrogens with zero attached hydrogens (tertiary/aromatic N) is 3. The second-order valence-electron chi connectivity index (χ2n) is 7.58. The van der Waals surface area contributed by atoms with Gasteiger partial charge in [0.15, 0.2) is 0 Å². The Hall–Kier alpha value is -2.24. The summed E-state index contributed by atoms with van der Waals surface area (Å²) in [7, 11) is 0. The highest BCUT2D eigenvalue weighted by Gasteiger charge is 2.32. The van der Waals surface area contributed by atoms with Crippen LogP contribution in [0.1, 0.15) is 24.8 Å². The number of carbonyl (C=O) groups is 1. The fourth-order valence-corrected chi connectivity index (χ4v) is 4.08. The summed E-state index contributed by atoms with van der Waals surface area (Å²) in [6, 6.07) is 14.0. The topological polar surface area (TPSA) is 45.7 Å².